The Bertz CT molecular complexity index is 720. The van der Waals surface area contributed by atoms with E-state index in [0.717, 1.165) is 16.9 Å². The van der Waals surface area contributed by atoms with Crippen molar-refractivity contribution in [3.63, 3.8) is 0 Å². The van der Waals surface area contributed by atoms with Crippen LogP contribution in [-0.2, 0) is 11.3 Å². The van der Waals surface area contributed by atoms with E-state index >= 15 is 0 Å². The van der Waals surface area contributed by atoms with Crippen molar-refractivity contribution in [1.29, 1.82) is 0 Å². The summed E-state index contributed by atoms with van der Waals surface area (Å²) in [5.74, 6) is -0.459. The number of aromatic nitrogens is 1. The number of benzene rings is 1. The second kappa shape index (κ2) is 7.20. The van der Waals surface area contributed by atoms with Gasteiger partial charge in [-0.15, -0.1) is 0 Å². The third kappa shape index (κ3) is 3.68. The molecule has 0 amide bonds. The summed E-state index contributed by atoms with van der Waals surface area (Å²) in [6.07, 6.45) is 3.36. The smallest absolute Gasteiger partial charge is 0.308 e. The van der Waals surface area contributed by atoms with Crippen molar-refractivity contribution in [2.24, 2.45) is 5.92 Å². The summed E-state index contributed by atoms with van der Waals surface area (Å²) in [7, 11) is 1.62. The molecular weight excluding hydrogens is 328 g/mol. The fourth-order valence-corrected chi connectivity index (χ4v) is 3.45. The van der Waals surface area contributed by atoms with Crippen LogP contribution in [0.15, 0.2) is 42.7 Å². The van der Waals surface area contributed by atoms with Crippen LogP contribution in [0.5, 0.6) is 5.75 Å². The van der Waals surface area contributed by atoms with Gasteiger partial charge >= 0.3 is 5.97 Å². The fourth-order valence-electron chi connectivity index (χ4n) is 3.25. The molecule has 0 saturated carbocycles. The van der Waals surface area contributed by atoms with E-state index in [4.69, 9.17) is 16.3 Å². The molecular formula is C18H19ClN2O3. The molecule has 1 aliphatic rings. The van der Waals surface area contributed by atoms with Crippen molar-refractivity contribution in [2.45, 2.75) is 12.5 Å². The van der Waals surface area contributed by atoms with Crippen molar-refractivity contribution in [3.8, 4) is 5.75 Å². The standard InChI is InChI=1S/C18H19ClN2O3/c1-24-15-4-2-13(3-5-15)16-10-21(11-17(16)18(22)23)9-12-6-14(19)8-20-7-12/h2-8,16-17H,9-11H2,1H3,(H,22,23)/t16-,17+/m0/s1. The molecule has 0 radical (unpaired) electrons. The molecule has 2 atom stereocenters. The van der Waals surface area contributed by atoms with Gasteiger partial charge in [0.15, 0.2) is 0 Å². The van der Waals surface area contributed by atoms with Crippen LogP contribution in [0.4, 0.5) is 0 Å². The van der Waals surface area contributed by atoms with Gasteiger partial charge < -0.3 is 9.84 Å². The summed E-state index contributed by atoms with van der Waals surface area (Å²) in [5, 5.41) is 10.2. The minimum Gasteiger partial charge on any atom is -0.497 e. The average Bonchev–Trinajstić information content (AvgIpc) is 2.99. The first-order chi connectivity index (χ1) is 11.6. The molecule has 1 aliphatic heterocycles. The van der Waals surface area contributed by atoms with Crippen LogP contribution in [0.25, 0.3) is 0 Å². The Balaban J connectivity index is 1.77. The zero-order valence-corrected chi connectivity index (χ0v) is 14.1. The Labute approximate surface area is 145 Å². The van der Waals surface area contributed by atoms with Crippen molar-refractivity contribution >= 4 is 17.6 Å². The molecule has 1 aromatic heterocycles. The van der Waals surface area contributed by atoms with Crippen LogP contribution < -0.4 is 4.74 Å². The van der Waals surface area contributed by atoms with Crippen LogP contribution >= 0.6 is 11.6 Å². The molecule has 2 aromatic rings. The number of carboxylic acids is 1. The highest BCUT2D eigenvalue weighted by Crippen LogP contribution is 2.34. The molecule has 2 heterocycles. The van der Waals surface area contributed by atoms with E-state index in [2.05, 4.69) is 9.88 Å². The van der Waals surface area contributed by atoms with E-state index in [1.165, 1.54) is 0 Å². The summed E-state index contributed by atoms with van der Waals surface area (Å²) >= 11 is 5.98. The topological polar surface area (TPSA) is 62.7 Å². The normalized spacial score (nSPS) is 20.9. The molecule has 1 aromatic carbocycles. The van der Waals surface area contributed by atoms with E-state index in [-0.39, 0.29) is 5.92 Å². The molecule has 1 fully saturated rings. The zero-order chi connectivity index (χ0) is 17.1. The summed E-state index contributed by atoms with van der Waals surface area (Å²) in [6, 6.07) is 9.51. The van der Waals surface area contributed by atoms with Gasteiger partial charge in [-0.3, -0.25) is 14.7 Å². The first-order valence-corrected chi connectivity index (χ1v) is 8.13. The maximum Gasteiger partial charge on any atom is 0.308 e. The zero-order valence-electron chi connectivity index (χ0n) is 13.4. The van der Waals surface area contributed by atoms with Gasteiger partial charge in [-0.1, -0.05) is 23.7 Å². The second-order valence-electron chi connectivity index (χ2n) is 6.03. The molecule has 5 nitrogen and oxygen atoms in total. The van der Waals surface area contributed by atoms with E-state index in [1.54, 1.807) is 19.5 Å². The van der Waals surface area contributed by atoms with Gasteiger partial charge in [0.1, 0.15) is 5.75 Å². The maximum atomic E-state index is 11.7. The quantitative estimate of drug-likeness (QED) is 0.901. The molecule has 3 rings (SSSR count). The molecule has 126 valence electrons. The highest BCUT2D eigenvalue weighted by Gasteiger charge is 2.38. The lowest BCUT2D eigenvalue weighted by atomic mass is 9.89. The lowest BCUT2D eigenvalue weighted by Gasteiger charge is -2.16. The van der Waals surface area contributed by atoms with Gasteiger partial charge in [0.05, 0.1) is 18.1 Å². The number of aliphatic carboxylic acids is 1. The van der Waals surface area contributed by atoms with Crippen LogP contribution in [0, 0.1) is 5.92 Å². The summed E-state index contributed by atoms with van der Waals surface area (Å²) < 4.78 is 5.17. The molecule has 6 heteroatoms. The Hall–Kier alpha value is -2.11. The number of rotatable bonds is 5. The van der Waals surface area contributed by atoms with Crippen molar-refractivity contribution < 1.29 is 14.6 Å². The number of ether oxygens (including phenoxy) is 1. The summed E-state index contributed by atoms with van der Waals surface area (Å²) in [6.45, 7) is 1.85. The number of nitrogens with zero attached hydrogens (tertiary/aromatic N) is 2. The summed E-state index contributed by atoms with van der Waals surface area (Å²) in [5.41, 5.74) is 2.01. The molecule has 0 aliphatic carbocycles. The van der Waals surface area contributed by atoms with Crippen LogP contribution in [0.2, 0.25) is 5.02 Å². The average molecular weight is 347 g/mol. The number of carbonyl (C=O) groups is 1. The highest BCUT2D eigenvalue weighted by atomic mass is 35.5. The minimum atomic E-state index is -0.762. The number of pyridine rings is 1. The van der Waals surface area contributed by atoms with Crippen molar-refractivity contribution in [1.82, 2.24) is 9.88 Å². The van der Waals surface area contributed by atoms with Crippen LogP contribution in [0.1, 0.15) is 17.0 Å². The van der Waals surface area contributed by atoms with Gasteiger partial charge in [0.2, 0.25) is 0 Å². The van der Waals surface area contributed by atoms with Crippen molar-refractivity contribution in [2.75, 3.05) is 20.2 Å². The first kappa shape index (κ1) is 16.7. The molecule has 1 saturated heterocycles. The lowest BCUT2D eigenvalue weighted by molar-refractivity contribution is -0.141. The molecule has 0 unspecified atom stereocenters. The van der Waals surface area contributed by atoms with Gasteiger partial charge in [0.25, 0.3) is 0 Å². The third-order valence-electron chi connectivity index (χ3n) is 4.42. The molecule has 0 bridgehead atoms. The predicted octanol–water partition coefficient (Wildman–Crippen LogP) is 3.04. The Morgan fingerprint density at radius 1 is 1.33 bits per heavy atom. The van der Waals surface area contributed by atoms with Crippen LogP contribution in [-0.4, -0.2) is 41.2 Å². The van der Waals surface area contributed by atoms with Crippen molar-refractivity contribution in [3.05, 3.63) is 58.9 Å². The summed E-state index contributed by atoms with van der Waals surface area (Å²) in [4.78, 5) is 17.9. The van der Waals surface area contributed by atoms with Gasteiger partial charge in [-0.2, -0.15) is 0 Å². The Kier molecular flexibility index (Phi) is 5.02. The predicted molar refractivity (Wildman–Crippen MR) is 91.4 cm³/mol. The molecule has 24 heavy (non-hydrogen) atoms. The number of methoxy groups -OCH3 is 1. The molecule has 1 N–H and O–H groups in total. The van der Waals surface area contributed by atoms with Gasteiger partial charge in [-0.05, 0) is 29.3 Å². The van der Waals surface area contributed by atoms with Gasteiger partial charge in [0, 0.05) is 37.9 Å². The number of halogens is 1. The van der Waals surface area contributed by atoms with E-state index in [0.29, 0.717) is 24.7 Å². The SMILES string of the molecule is COc1ccc([C@@H]2CN(Cc3cncc(Cl)c3)C[C@H]2C(=O)O)cc1. The number of likely N-dealkylation sites (tertiary alicyclic amines) is 1. The first-order valence-electron chi connectivity index (χ1n) is 7.75. The second-order valence-corrected chi connectivity index (χ2v) is 6.47. The lowest BCUT2D eigenvalue weighted by Crippen LogP contribution is -2.23. The number of carboxylic acid groups (broad SMARTS) is 1. The largest absolute Gasteiger partial charge is 0.497 e. The minimum absolute atomic E-state index is 0.0412. The number of hydrogen-bond donors (Lipinski definition) is 1. The monoisotopic (exact) mass is 346 g/mol. The Morgan fingerprint density at radius 3 is 2.71 bits per heavy atom. The van der Waals surface area contributed by atoms with Gasteiger partial charge in [-0.25, -0.2) is 0 Å². The third-order valence-corrected chi connectivity index (χ3v) is 4.63. The maximum absolute atomic E-state index is 11.7. The van der Waals surface area contributed by atoms with E-state index < -0.39 is 11.9 Å². The Morgan fingerprint density at radius 2 is 2.08 bits per heavy atom. The fraction of sp³-hybridized carbons (Fsp3) is 0.333. The highest BCUT2D eigenvalue weighted by molar-refractivity contribution is 6.30. The van der Waals surface area contributed by atoms with E-state index in [9.17, 15) is 9.90 Å². The van der Waals surface area contributed by atoms with Crippen LogP contribution in [0.3, 0.4) is 0 Å². The van der Waals surface area contributed by atoms with E-state index in [1.807, 2.05) is 30.3 Å². The number of hydrogen-bond acceptors (Lipinski definition) is 4. The molecule has 0 spiro atoms.